The van der Waals surface area contributed by atoms with E-state index >= 15 is 0 Å². The first-order chi connectivity index (χ1) is 24.8. The number of carbonyl (C=O) groups excluding carboxylic acids is 2. The SMILES string of the molecule is C#CCCC[N+](C)([O-])/C(Br)=C/C(Cl)CCCC(=O)NCCCCCCNC(=O)C[C@@H]1N=C(c2ccc(Cl)cc2)c2c(sc(C)c2C)-n2c(C)nnc21. The molecule has 2 aromatic heterocycles. The number of nitrogens with one attached hydrogen (secondary N) is 2. The highest BCUT2D eigenvalue weighted by molar-refractivity contribution is 9.11. The maximum atomic E-state index is 13.2. The number of aliphatic imine (C=N–C) groups is 1. The van der Waals surface area contributed by atoms with Crippen molar-refractivity contribution >= 4 is 68.0 Å². The van der Waals surface area contributed by atoms with Crippen LogP contribution in [0.25, 0.3) is 5.00 Å². The molecule has 1 aliphatic rings. The highest BCUT2D eigenvalue weighted by Crippen LogP contribution is 2.39. The minimum Gasteiger partial charge on any atom is -0.627 e. The molecule has 14 heteroatoms. The van der Waals surface area contributed by atoms with Crippen LogP contribution < -0.4 is 10.6 Å². The van der Waals surface area contributed by atoms with Gasteiger partial charge in [0.1, 0.15) is 16.9 Å². The number of thiophene rings is 1. The van der Waals surface area contributed by atoms with E-state index in [9.17, 15) is 14.8 Å². The number of aryl methyl sites for hydroxylation is 2. The monoisotopic (exact) mass is 831 g/mol. The first-order valence-corrected chi connectivity index (χ1v) is 20.2. The average molecular weight is 834 g/mol. The van der Waals surface area contributed by atoms with Gasteiger partial charge in [-0.15, -0.1) is 45.5 Å². The van der Waals surface area contributed by atoms with Crippen molar-refractivity contribution in [1.82, 2.24) is 25.4 Å². The summed E-state index contributed by atoms with van der Waals surface area (Å²) in [5.41, 5.74) is 3.93. The van der Waals surface area contributed by atoms with Crippen LogP contribution in [0.3, 0.4) is 0 Å². The fourth-order valence-corrected chi connectivity index (χ4v) is 8.23. The van der Waals surface area contributed by atoms with Crippen molar-refractivity contribution in [3.05, 3.63) is 78.4 Å². The molecule has 3 heterocycles. The fourth-order valence-electron chi connectivity index (χ4n) is 5.97. The van der Waals surface area contributed by atoms with E-state index in [1.807, 2.05) is 35.8 Å². The Morgan fingerprint density at radius 1 is 1.08 bits per heavy atom. The number of quaternary nitrogens is 1. The van der Waals surface area contributed by atoms with Crippen molar-refractivity contribution in [2.75, 3.05) is 26.7 Å². The molecular formula is C38H48BrCl2N7O3S. The van der Waals surface area contributed by atoms with Gasteiger partial charge in [0.05, 0.1) is 31.1 Å². The summed E-state index contributed by atoms with van der Waals surface area (Å²) in [6, 6.07) is 7.13. The standard InChI is InChI=1S/C38H48BrCl2N7O3S/c1-6-7-12-22-48(5,51)32(39)23-30(41)14-13-15-33(49)42-20-10-8-9-11-21-43-34(50)24-31-37-46-45-27(4)47(37)38-35(25(2)26(3)52-38)36(44-31)28-16-18-29(40)19-17-28/h1,16-19,23,30-31H,7-15,20-22,24H2,2-5H3,(H,42,49)(H,43,50)/b32-23+/t30?,31-,48?/m0/s1. The normalized spacial score (nSPS) is 15.8. The molecule has 2 amide bonds. The van der Waals surface area contributed by atoms with E-state index in [1.54, 1.807) is 24.5 Å². The Labute approximate surface area is 329 Å². The second kappa shape index (κ2) is 19.9. The molecule has 0 fully saturated rings. The number of allylic oxidation sites excluding steroid dienone is 1. The van der Waals surface area contributed by atoms with Gasteiger partial charge in [0.15, 0.2) is 10.4 Å². The molecule has 4 rings (SSSR count). The van der Waals surface area contributed by atoms with Crippen molar-refractivity contribution in [1.29, 1.82) is 0 Å². The predicted molar refractivity (Wildman–Crippen MR) is 215 cm³/mol. The van der Waals surface area contributed by atoms with E-state index in [0.717, 1.165) is 58.9 Å². The van der Waals surface area contributed by atoms with Gasteiger partial charge in [-0.25, -0.2) is 0 Å². The Bertz CT molecular complexity index is 1800. The molecule has 0 saturated heterocycles. The Morgan fingerprint density at radius 3 is 2.42 bits per heavy atom. The number of hydrogen-bond donors (Lipinski definition) is 2. The van der Waals surface area contributed by atoms with Crippen molar-refractivity contribution in [3.8, 4) is 17.3 Å². The number of terminal acetylenes is 1. The average Bonchev–Trinajstić information content (AvgIpc) is 3.57. The number of fused-ring (bicyclic) bond motifs is 3. The second-order valence-corrected chi connectivity index (χ2v) is 16.3. The highest BCUT2D eigenvalue weighted by Gasteiger charge is 2.32. The summed E-state index contributed by atoms with van der Waals surface area (Å²) >= 11 is 17.7. The molecule has 0 bridgehead atoms. The summed E-state index contributed by atoms with van der Waals surface area (Å²) in [4.78, 5) is 31.9. The fraction of sp³-hybridized carbons (Fsp3) is 0.500. The molecule has 0 saturated carbocycles. The van der Waals surface area contributed by atoms with Crippen molar-refractivity contribution < 1.29 is 14.2 Å². The van der Waals surface area contributed by atoms with Gasteiger partial charge in [0.25, 0.3) is 0 Å². The van der Waals surface area contributed by atoms with Gasteiger partial charge in [-0.05, 0) is 64.2 Å². The summed E-state index contributed by atoms with van der Waals surface area (Å²) in [7, 11) is 1.56. The topological polar surface area (TPSA) is 124 Å². The molecule has 0 spiro atoms. The lowest BCUT2D eigenvalue weighted by molar-refractivity contribution is -0.812. The minimum absolute atomic E-state index is 0.00957. The molecule has 1 aliphatic heterocycles. The van der Waals surface area contributed by atoms with Gasteiger partial charge in [-0.3, -0.25) is 19.1 Å². The number of carbonyl (C=O) groups is 2. The number of nitrogens with zero attached hydrogens (tertiary/aromatic N) is 5. The summed E-state index contributed by atoms with van der Waals surface area (Å²) in [5.74, 6) is 3.85. The number of hydroxylamine groups is 3. The highest BCUT2D eigenvalue weighted by atomic mass is 79.9. The number of hydrogen-bond acceptors (Lipinski definition) is 7. The predicted octanol–water partition coefficient (Wildman–Crippen LogP) is 8.35. The smallest absolute Gasteiger partial charge is 0.222 e. The van der Waals surface area contributed by atoms with Gasteiger partial charge in [-0.2, -0.15) is 0 Å². The Balaban J connectivity index is 1.18. The van der Waals surface area contributed by atoms with Crippen molar-refractivity contribution in [2.45, 2.75) is 96.4 Å². The zero-order chi connectivity index (χ0) is 37.8. The number of alkyl halides is 1. The Hall–Kier alpha value is -3.05. The van der Waals surface area contributed by atoms with Gasteiger partial charge in [0, 0.05) is 75.4 Å². The maximum Gasteiger partial charge on any atom is 0.222 e. The number of amides is 2. The van der Waals surface area contributed by atoms with Gasteiger partial charge in [-0.1, -0.05) is 36.6 Å². The minimum atomic E-state index is -0.569. The molecule has 52 heavy (non-hydrogen) atoms. The molecule has 10 nitrogen and oxygen atoms in total. The van der Waals surface area contributed by atoms with Crippen LogP contribution in [-0.4, -0.2) is 69.0 Å². The first kappa shape index (κ1) is 41.7. The third-order valence-corrected chi connectivity index (χ3v) is 11.8. The van der Waals surface area contributed by atoms with Crippen LogP contribution in [0.15, 0.2) is 39.9 Å². The molecule has 0 aliphatic carbocycles. The summed E-state index contributed by atoms with van der Waals surface area (Å²) < 4.78 is 1.94. The quantitative estimate of drug-likeness (QED) is 0.0314. The number of halogens is 3. The molecule has 3 aromatic rings. The third kappa shape index (κ3) is 11.5. The molecule has 1 aromatic carbocycles. The van der Waals surface area contributed by atoms with E-state index in [0.29, 0.717) is 67.2 Å². The van der Waals surface area contributed by atoms with Crippen LogP contribution in [0.1, 0.15) is 103 Å². The third-order valence-electron chi connectivity index (χ3n) is 9.04. The number of aromatic nitrogens is 3. The van der Waals surface area contributed by atoms with Crippen molar-refractivity contribution in [3.63, 3.8) is 0 Å². The maximum absolute atomic E-state index is 13.2. The van der Waals surface area contributed by atoms with E-state index in [2.05, 4.69) is 56.5 Å². The van der Waals surface area contributed by atoms with E-state index < -0.39 is 10.7 Å². The molecule has 3 atom stereocenters. The summed E-state index contributed by atoms with van der Waals surface area (Å²) in [6.45, 7) is 7.66. The number of benzene rings is 1. The molecule has 0 radical (unpaired) electrons. The lowest BCUT2D eigenvalue weighted by atomic mass is 9.99. The lowest BCUT2D eigenvalue weighted by Crippen LogP contribution is -2.35. The zero-order valence-corrected chi connectivity index (χ0v) is 34.2. The van der Waals surface area contributed by atoms with Crippen LogP contribution in [0.2, 0.25) is 5.02 Å². The zero-order valence-electron chi connectivity index (χ0n) is 30.3. The number of rotatable bonds is 19. The van der Waals surface area contributed by atoms with Crippen LogP contribution in [0.4, 0.5) is 0 Å². The van der Waals surface area contributed by atoms with E-state index in [1.165, 1.54) is 4.88 Å². The van der Waals surface area contributed by atoms with Gasteiger partial charge >= 0.3 is 0 Å². The summed E-state index contributed by atoms with van der Waals surface area (Å²) in [6.07, 6.45) is 13.5. The van der Waals surface area contributed by atoms with Crippen LogP contribution >= 0.6 is 50.5 Å². The van der Waals surface area contributed by atoms with Crippen LogP contribution in [0, 0.1) is 38.3 Å². The molecular weight excluding hydrogens is 785 g/mol. The molecule has 2 unspecified atom stereocenters. The van der Waals surface area contributed by atoms with Gasteiger partial charge < -0.3 is 20.5 Å². The van der Waals surface area contributed by atoms with Gasteiger partial charge in [0.2, 0.25) is 11.8 Å². The number of unbranched alkanes of at least 4 members (excludes halogenated alkanes) is 4. The molecule has 280 valence electrons. The Kier molecular flexibility index (Phi) is 15.9. The van der Waals surface area contributed by atoms with Crippen molar-refractivity contribution in [2.24, 2.45) is 4.99 Å². The molecule has 2 N–H and O–H groups in total. The largest absolute Gasteiger partial charge is 0.627 e. The lowest BCUT2D eigenvalue weighted by Gasteiger charge is -2.37. The first-order valence-electron chi connectivity index (χ1n) is 17.7. The Morgan fingerprint density at radius 2 is 1.75 bits per heavy atom. The van der Waals surface area contributed by atoms with E-state index in [4.69, 9.17) is 34.6 Å². The van der Waals surface area contributed by atoms with Crippen LogP contribution in [-0.2, 0) is 9.59 Å². The summed E-state index contributed by atoms with van der Waals surface area (Å²) in [5, 5.41) is 28.9. The van der Waals surface area contributed by atoms with Crippen LogP contribution in [0.5, 0.6) is 0 Å². The van der Waals surface area contributed by atoms with E-state index in [-0.39, 0.29) is 23.6 Å². The second-order valence-electron chi connectivity index (χ2n) is 13.3.